The molecule has 1 fully saturated rings. The number of aliphatic hydroxyl groups excluding tert-OH is 1. The lowest BCUT2D eigenvalue weighted by Crippen LogP contribution is -2.41. The first kappa shape index (κ1) is 15.3. The summed E-state index contributed by atoms with van der Waals surface area (Å²) in [6.07, 6.45) is 2.31. The minimum Gasteiger partial charge on any atom is -0.479 e. The molecule has 0 radical (unpaired) electrons. The molecule has 1 aliphatic heterocycles. The van der Waals surface area contributed by atoms with E-state index in [1.54, 1.807) is 12.1 Å². The summed E-state index contributed by atoms with van der Waals surface area (Å²) in [5.74, 6) is 0.939. The zero-order chi connectivity index (χ0) is 15.1. The summed E-state index contributed by atoms with van der Waals surface area (Å²) in [4.78, 5) is 14.1. The molecule has 21 heavy (non-hydrogen) atoms. The van der Waals surface area contributed by atoms with Gasteiger partial charge in [0, 0.05) is 19.7 Å². The standard InChI is InChI=1S/C16H20N2O3/c17-7-9-21-15-5-3-13(4-6-15)10-16(20)18-8-1-2-14(11-18)12-19/h3-6,14,19H,1-2,8-12H2. The van der Waals surface area contributed by atoms with Crippen LogP contribution in [0.3, 0.4) is 0 Å². The molecule has 0 aliphatic carbocycles. The van der Waals surface area contributed by atoms with Crippen LogP contribution in [-0.4, -0.2) is 42.2 Å². The number of hydrogen-bond acceptors (Lipinski definition) is 4. The Bertz CT molecular complexity index is 507. The molecule has 1 aliphatic rings. The van der Waals surface area contributed by atoms with Gasteiger partial charge in [-0.05, 0) is 36.5 Å². The van der Waals surface area contributed by atoms with E-state index in [-0.39, 0.29) is 25.0 Å². The highest BCUT2D eigenvalue weighted by molar-refractivity contribution is 5.78. The molecule has 1 saturated heterocycles. The molecule has 1 aromatic rings. The molecule has 0 saturated carbocycles. The Morgan fingerprint density at radius 3 is 2.86 bits per heavy atom. The number of nitriles is 1. The summed E-state index contributed by atoms with van der Waals surface area (Å²) in [5, 5.41) is 17.7. The molecule has 2 rings (SSSR count). The van der Waals surface area contributed by atoms with Crippen LogP contribution in [0.15, 0.2) is 24.3 Å². The van der Waals surface area contributed by atoms with Gasteiger partial charge in [0.25, 0.3) is 0 Å². The maximum absolute atomic E-state index is 12.3. The molecule has 112 valence electrons. The van der Waals surface area contributed by atoms with Crippen LogP contribution in [-0.2, 0) is 11.2 Å². The number of carbonyl (C=O) groups excluding carboxylic acids is 1. The fourth-order valence-corrected chi connectivity index (χ4v) is 2.55. The van der Waals surface area contributed by atoms with E-state index in [0.29, 0.717) is 18.7 Å². The maximum atomic E-state index is 12.3. The second-order valence-electron chi connectivity index (χ2n) is 5.30. The van der Waals surface area contributed by atoms with E-state index in [0.717, 1.165) is 24.9 Å². The molecule has 0 aromatic heterocycles. The lowest BCUT2D eigenvalue weighted by atomic mass is 9.98. The van der Waals surface area contributed by atoms with Crippen LogP contribution in [0.25, 0.3) is 0 Å². The minimum atomic E-state index is 0.0224. The Morgan fingerprint density at radius 1 is 1.43 bits per heavy atom. The van der Waals surface area contributed by atoms with Crippen LogP contribution in [0.5, 0.6) is 5.75 Å². The number of likely N-dealkylation sites (tertiary alicyclic amines) is 1. The minimum absolute atomic E-state index is 0.0224. The SMILES string of the molecule is N#CCOc1ccc(CC(=O)N2CCCC(CO)C2)cc1. The molecule has 1 unspecified atom stereocenters. The van der Waals surface area contributed by atoms with Crippen molar-refractivity contribution in [2.75, 3.05) is 26.3 Å². The maximum Gasteiger partial charge on any atom is 0.226 e. The van der Waals surface area contributed by atoms with Crippen molar-refractivity contribution in [1.82, 2.24) is 4.90 Å². The average Bonchev–Trinajstić information content (AvgIpc) is 2.54. The van der Waals surface area contributed by atoms with Crippen LogP contribution in [0.4, 0.5) is 0 Å². The van der Waals surface area contributed by atoms with E-state index < -0.39 is 0 Å². The number of benzene rings is 1. The summed E-state index contributed by atoms with van der Waals surface area (Å²) >= 11 is 0. The van der Waals surface area contributed by atoms with Crippen molar-refractivity contribution in [3.63, 3.8) is 0 Å². The van der Waals surface area contributed by atoms with E-state index in [9.17, 15) is 9.90 Å². The van der Waals surface area contributed by atoms with E-state index in [4.69, 9.17) is 10.00 Å². The van der Waals surface area contributed by atoms with Gasteiger partial charge in [0.1, 0.15) is 11.8 Å². The average molecular weight is 288 g/mol. The molecule has 1 heterocycles. The number of piperidine rings is 1. The van der Waals surface area contributed by atoms with Crippen LogP contribution >= 0.6 is 0 Å². The normalized spacial score (nSPS) is 18.1. The first-order valence-corrected chi connectivity index (χ1v) is 7.20. The molecule has 0 spiro atoms. The molecule has 0 bridgehead atoms. The topological polar surface area (TPSA) is 73.6 Å². The molecule has 5 heteroatoms. The smallest absolute Gasteiger partial charge is 0.226 e. The number of hydrogen-bond donors (Lipinski definition) is 1. The Balaban J connectivity index is 1.88. The van der Waals surface area contributed by atoms with E-state index in [2.05, 4.69) is 0 Å². The van der Waals surface area contributed by atoms with Crippen molar-refractivity contribution < 1.29 is 14.6 Å². The highest BCUT2D eigenvalue weighted by atomic mass is 16.5. The van der Waals surface area contributed by atoms with Crippen molar-refractivity contribution in [1.29, 1.82) is 5.26 Å². The summed E-state index contributed by atoms with van der Waals surface area (Å²) in [7, 11) is 0. The van der Waals surface area contributed by atoms with Gasteiger partial charge in [0.2, 0.25) is 5.91 Å². The summed E-state index contributed by atoms with van der Waals surface area (Å²) in [6, 6.07) is 9.14. The Kier molecular flexibility index (Phi) is 5.59. The molecule has 5 nitrogen and oxygen atoms in total. The van der Waals surface area contributed by atoms with Crippen LogP contribution in [0.2, 0.25) is 0 Å². The highest BCUT2D eigenvalue weighted by Crippen LogP contribution is 2.18. The summed E-state index contributed by atoms with van der Waals surface area (Å²) < 4.78 is 5.18. The van der Waals surface area contributed by atoms with Gasteiger partial charge >= 0.3 is 0 Å². The van der Waals surface area contributed by atoms with Gasteiger partial charge in [-0.15, -0.1) is 0 Å². The molecular formula is C16H20N2O3. The van der Waals surface area contributed by atoms with Gasteiger partial charge in [-0.1, -0.05) is 12.1 Å². The first-order chi connectivity index (χ1) is 10.2. The Morgan fingerprint density at radius 2 is 2.19 bits per heavy atom. The van der Waals surface area contributed by atoms with Gasteiger partial charge < -0.3 is 14.7 Å². The first-order valence-electron chi connectivity index (χ1n) is 7.20. The van der Waals surface area contributed by atoms with Crippen molar-refractivity contribution in [3.8, 4) is 11.8 Å². The van der Waals surface area contributed by atoms with Gasteiger partial charge in [0.05, 0.1) is 6.42 Å². The number of amides is 1. The van der Waals surface area contributed by atoms with E-state index >= 15 is 0 Å². The van der Waals surface area contributed by atoms with Crippen molar-refractivity contribution in [2.45, 2.75) is 19.3 Å². The van der Waals surface area contributed by atoms with Crippen LogP contribution in [0.1, 0.15) is 18.4 Å². The van der Waals surface area contributed by atoms with Crippen LogP contribution < -0.4 is 4.74 Å². The third-order valence-corrected chi connectivity index (χ3v) is 3.71. The van der Waals surface area contributed by atoms with Gasteiger partial charge in [0.15, 0.2) is 6.61 Å². The monoisotopic (exact) mass is 288 g/mol. The van der Waals surface area contributed by atoms with Crippen molar-refractivity contribution in [3.05, 3.63) is 29.8 Å². The van der Waals surface area contributed by atoms with Gasteiger partial charge in [-0.2, -0.15) is 5.26 Å². The number of ether oxygens (including phenoxy) is 1. The van der Waals surface area contributed by atoms with E-state index in [1.165, 1.54) is 0 Å². The zero-order valence-corrected chi connectivity index (χ0v) is 12.0. The predicted molar refractivity (Wildman–Crippen MR) is 77.6 cm³/mol. The molecule has 1 atom stereocenters. The van der Waals surface area contributed by atoms with Crippen LogP contribution in [0, 0.1) is 17.2 Å². The Hall–Kier alpha value is -2.06. The lowest BCUT2D eigenvalue weighted by Gasteiger charge is -2.32. The largest absolute Gasteiger partial charge is 0.479 e. The molecule has 1 amide bonds. The fraction of sp³-hybridized carbons (Fsp3) is 0.500. The second kappa shape index (κ2) is 7.65. The lowest BCUT2D eigenvalue weighted by molar-refractivity contribution is -0.132. The quantitative estimate of drug-likeness (QED) is 0.888. The van der Waals surface area contributed by atoms with Crippen molar-refractivity contribution in [2.24, 2.45) is 5.92 Å². The number of carbonyl (C=O) groups is 1. The van der Waals surface area contributed by atoms with Gasteiger partial charge in [-0.25, -0.2) is 0 Å². The number of rotatable bonds is 5. The second-order valence-corrected chi connectivity index (χ2v) is 5.30. The number of nitrogens with zero attached hydrogens (tertiary/aromatic N) is 2. The third kappa shape index (κ3) is 4.47. The highest BCUT2D eigenvalue weighted by Gasteiger charge is 2.22. The number of aliphatic hydroxyl groups is 1. The third-order valence-electron chi connectivity index (χ3n) is 3.71. The fourth-order valence-electron chi connectivity index (χ4n) is 2.55. The predicted octanol–water partition coefficient (Wildman–Crippen LogP) is 1.36. The molecule has 1 aromatic carbocycles. The van der Waals surface area contributed by atoms with Gasteiger partial charge in [-0.3, -0.25) is 4.79 Å². The zero-order valence-electron chi connectivity index (χ0n) is 12.0. The summed E-state index contributed by atoms with van der Waals surface area (Å²) in [6.45, 7) is 1.60. The van der Waals surface area contributed by atoms with E-state index in [1.807, 2.05) is 23.1 Å². The molecule has 1 N–H and O–H groups in total. The molecular weight excluding hydrogens is 268 g/mol. The Labute approximate surface area is 124 Å². The van der Waals surface area contributed by atoms with Crippen molar-refractivity contribution >= 4 is 5.91 Å². The summed E-state index contributed by atoms with van der Waals surface area (Å²) in [5.41, 5.74) is 0.926.